The highest BCUT2D eigenvalue weighted by Crippen LogP contribution is 2.22. The number of thiazole rings is 1. The molecule has 12 heavy (non-hydrogen) atoms. The fraction of sp³-hybridized carbons (Fsp3) is 0. The summed E-state index contributed by atoms with van der Waals surface area (Å²) in [6, 6.07) is 3.91. The lowest BCUT2D eigenvalue weighted by atomic mass is 10.3. The van der Waals surface area contributed by atoms with Crippen molar-refractivity contribution in [2.24, 2.45) is 0 Å². The van der Waals surface area contributed by atoms with Crippen molar-refractivity contribution in [2.45, 2.75) is 0 Å². The molecule has 0 spiro atoms. The molecule has 2 heterocycles. The lowest BCUT2D eigenvalue weighted by molar-refractivity contribution is 1.27. The van der Waals surface area contributed by atoms with Gasteiger partial charge in [0.05, 0.1) is 0 Å². The maximum absolute atomic E-state index is 4.20. The molecule has 2 rings (SSSR count). The molecular formula is C8H5BrN2S. The molecule has 0 aromatic carbocycles. The fourth-order valence-corrected chi connectivity index (χ4v) is 1.90. The second kappa shape index (κ2) is 3.33. The minimum absolute atomic E-state index is 0.843. The number of aromatic nitrogens is 2. The number of hydrogen-bond donors (Lipinski definition) is 0. The van der Waals surface area contributed by atoms with Crippen molar-refractivity contribution in [1.29, 1.82) is 0 Å². The van der Waals surface area contributed by atoms with Crippen molar-refractivity contribution in [1.82, 2.24) is 9.97 Å². The zero-order valence-electron chi connectivity index (χ0n) is 6.07. The summed E-state index contributed by atoms with van der Waals surface area (Å²) in [6.07, 6.45) is 3.56. The number of nitrogens with zero attached hydrogens (tertiary/aromatic N) is 2. The zero-order chi connectivity index (χ0) is 8.39. The van der Waals surface area contributed by atoms with Gasteiger partial charge >= 0.3 is 0 Å². The first-order valence-corrected chi connectivity index (χ1v) is 5.05. The van der Waals surface area contributed by atoms with Gasteiger partial charge in [-0.2, -0.15) is 0 Å². The van der Waals surface area contributed by atoms with E-state index in [1.807, 2.05) is 17.5 Å². The van der Waals surface area contributed by atoms with Crippen LogP contribution in [0.25, 0.3) is 10.6 Å². The van der Waals surface area contributed by atoms with E-state index in [0.717, 1.165) is 15.2 Å². The van der Waals surface area contributed by atoms with Crippen LogP contribution >= 0.6 is 27.3 Å². The first kappa shape index (κ1) is 7.89. The Morgan fingerprint density at radius 1 is 1.25 bits per heavy atom. The molecule has 0 fully saturated rings. The first-order chi connectivity index (χ1) is 5.86. The third kappa shape index (κ3) is 1.54. The molecule has 4 heteroatoms. The van der Waals surface area contributed by atoms with Crippen LogP contribution in [-0.2, 0) is 0 Å². The molecule has 2 aromatic rings. The first-order valence-electron chi connectivity index (χ1n) is 3.38. The van der Waals surface area contributed by atoms with Crippen LogP contribution in [0.1, 0.15) is 0 Å². The van der Waals surface area contributed by atoms with Crippen LogP contribution in [0.3, 0.4) is 0 Å². The van der Waals surface area contributed by atoms with E-state index in [4.69, 9.17) is 0 Å². The number of pyridine rings is 1. The minimum atomic E-state index is 0.843. The Labute approximate surface area is 82.4 Å². The van der Waals surface area contributed by atoms with Gasteiger partial charge in [-0.3, -0.25) is 0 Å². The molecular weight excluding hydrogens is 236 g/mol. The Morgan fingerprint density at radius 2 is 2.17 bits per heavy atom. The van der Waals surface area contributed by atoms with Gasteiger partial charge < -0.3 is 0 Å². The lowest BCUT2D eigenvalue weighted by Crippen LogP contribution is -1.77. The zero-order valence-corrected chi connectivity index (χ0v) is 8.47. The van der Waals surface area contributed by atoms with E-state index in [1.165, 1.54) is 0 Å². The monoisotopic (exact) mass is 240 g/mol. The van der Waals surface area contributed by atoms with Crippen LogP contribution in [-0.4, -0.2) is 9.97 Å². The van der Waals surface area contributed by atoms with E-state index in [0.29, 0.717) is 0 Å². The number of halogens is 1. The Kier molecular flexibility index (Phi) is 2.19. The maximum atomic E-state index is 4.20. The molecule has 0 saturated heterocycles. The second-order valence-electron chi connectivity index (χ2n) is 2.20. The van der Waals surface area contributed by atoms with Gasteiger partial charge in [0.15, 0.2) is 0 Å². The standard InChI is InChI=1S/C8H5BrN2S/c9-7-5-6(1-2-10-7)8-11-3-4-12-8/h1-5H. The van der Waals surface area contributed by atoms with E-state index in [-0.39, 0.29) is 0 Å². The fourth-order valence-electron chi connectivity index (χ4n) is 0.902. The predicted molar refractivity (Wildman–Crippen MR) is 53.0 cm³/mol. The lowest BCUT2D eigenvalue weighted by Gasteiger charge is -1.94. The van der Waals surface area contributed by atoms with Gasteiger partial charge in [-0.1, -0.05) is 0 Å². The van der Waals surface area contributed by atoms with Crippen LogP contribution in [0.2, 0.25) is 0 Å². The van der Waals surface area contributed by atoms with E-state index in [9.17, 15) is 0 Å². The highest BCUT2D eigenvalue weighted by Gasteiger charge is 1.99. The van der Waals surface area contributed by atoms with E-state index < -0.39 is 0 Å². The average Bonchev–Trinajstić information content (AvgIpc) is 2.56. The summed E-state index contributed by atoms with van der Waals surface area (Å²) >= 11 is 4.94. The molecule has 0 unspecified atom stereocenters. The van der Waals surface area contributed by atoms with Gasteiger partial charge in [0.2, 0.25) is 0 Å². The summed E-state index contributed by atoms with van der Waals surface area (Å²) in [7, 11) is 0. The maximum Gasteiger partial charge on any atom is 0.123 e. The Hall–Kier alpha value is -0.740. The highest BCUT2D eigenvalue weighted by atomic mass is 79.9. The molecule has 2 aromatic heterocycles. The van der Waals surface area contributed by atoms with Crippen LogP contribution < -0.4 is 0 Å². The summed E-state index contributed by atoms with van der Waals surface area (Å²) in [4.78, 5) is 8.24. The average molecular weight is 241 g/mol. The third-order valence-electron chi connectivity index (χ3n) is 1.41. The van der Waals surface area contributed by atoms with Crippen molar-refractivity contribution in [3.63, 3.8) is 0 Å². The van der Waals surface area contributed by atoms with E-state index in [1.54, 1.807) is 23.7 Å². The normalized spacial score (nSPS) is 10.1. The van der Waals surface area contributed by atoms with Crippen molar-refractivity contribution in [3.05, 3.63) is 34.5 Å². The second-order valence-corrected chi connectivity index (χ2v) is 3.91. The molecule has 0 N–H and O–H groups in total. The topological polar surface area (TPSA) is 25.8 Å². The highest BCUT2D eigenvalue weighted by molar-refractivity contribution is 9.10. The van der Waals surface area contributed by atoms with Crippen LogP contribution in [0.5, 0.6) is 0 Å². The molecule has 0 aliphatic carbocycles. The van der Waals surface area contributed by atoms with Gasteiger partial charge in [-0.15, -0.1) is 11.3 Å². The van der Waals surface area contributed by atoms with Gasteiger partial charge in [0.1, 0.15) is 9.61 Å². The molecule has 0 saturated carbocycles. The predicted octanol–water partition coefficient (Wildman–Crippen LogP) is 2.97. The molecule has 2 nitrogen and oxygen atoms in total. The Bertz CT molecular complexity index is 372. The summed E-state index contributed by atoms with van der Waals surface area (Å²) in [5.41, 5.74) is 1.10. The van der Waals surface area contributed by atoms with Crippen molar-refractivity contribution in [3.8, 4) is 10.6 Å². The molecule has 0 amide bonds. The molecule has 0 radical (unpaired) electrons. The smallest absolute Gasteiger partial charge is 0.123 e. The molecule has 0 bridgehead atoms. The number of hydrogen-bond acceptors (Lipinski definition) is 3. The van der Waals surface area contributed by atoms with Gasteiger partial charge in [0, 0.05) is 23.3 Å². The number of rotatable bonds is 1. The van der Waals surface area contributed by atoms with E-state index in [2.05, 4.69) is 25.9 Å². The molecule has 60 valence electrons. The van der Waals surface area contributed by atoms with Crippen molar-refractivity contribution < 1.29 is 0 Å². The Morgan fingerprint density at radius 3 is 2.83 bits per heavy atom. The van der Waals surface area contributed by atoms with Gasteiger partial charge in [-0.05, 0) is 28.1 Å². The van der Waals surface area contributed by atoms with E-state index >= 15 is 0 Å². The molecule has 0 aliphatic heterocycles. The SMILES string of the molecule is Brc1cc(-c2nccs2)ccn1. The molecule has 0 atom stereocenters. The van der Waals surface area contributed by atoms with Crippen molar-refractivity contribution in [2.75, 3.05) is 0 Å². The van der Waals surface area contributed by atoms with Crippen LogP contribution in [0.4, 0.5) is 0 Å². The largest absolute Gasteiger partial charge is 0.249 e. The summed E-state index contributed by atoms with van der Waals surface area (Å²) in [6.45, 7) is 0. The quantitative estimate of drug-likeness (QED) is 0.717. The minimum Gasteiger partial charge on any atom is -0.249 e. The van der Waals surface area contributed by atoms with Gasteiger partial charge in [0.25, 0.3) is 0 Å². The summed E-state index contributed by atoms with van der Waals surface area (Å²) in [5.74, 6) is 0. The van der Waals surface area contributed by atoms with Crippen molar-refractivity contribution >= 4 is 27.3 Å². The van der Waals surface area contributed by atoms with Crippen LogP contribution in [0.15, 0.2) is 34.5 Å². The van der Waals surface area contributed by atoms with Gasteiger partial charge in [-0.25, -0.2) is 9.97 Å². The summed E-state index contributed by atoms with van der Waals surface area (Å²) in [5, 5.41) is 2.99. The Balaban J connectivity index is 2.48. The molecule has 0 aliphatic rings. The van der Waals surface area contributed by atoms with Crippen LogP contribution in [0, 0.1) is 0 Å². The third-order valence-corrected chi connectivity index (χ3v) is 2.66. The summed E-state index contributed by atoms with van der Waals surface area (Å²) < 4.78 is 0.843.